The molecular weight excluding hydrogens is 360 g/mol. The van der Waals surface area contributed by atoms with Crippen LogP contribution >= 0.6 is 0 Å². The third-order valence-electron chi connectivity index (χ3n) is 5.38. The number of anilines is 1. The van der Waals surface area contributed by atoms with Crippen molar-refractivity contribution in [2.45, 2.75) is 19.9 Å². The summed E-state index contributed by atoms with van der Waals surface area (Å²) in [6.07, 6.45) is 0.694. The molecule has 3 heterocycles. The van der Waals surface area contributed by atoms with Gasteiger partial charge in [-0.1, -0.05) is 13.0 Å². The highest BCUT2D eigenvalue weighted by Crippen LogP contribution is 2.23. The van der Waals surface area contributed by atoms with Gasteiger partial charge in [0.2, 0.25) is 5.91 Å². The molecule has 8 heteroatoms. The molecule has 8 nitrogen and oxygen atoms in total. The van der Waals surface area contributed by atoms with Crippen molar-refractivity contribution in [3.8, 4) is 0 Å². The van der Waals surface area contributed by atoms with E-state index in [-0.39, 0.29) is 18.0 Å². The fraction of sp³-hybridized carbons (Fsp3) is 0.550. The van der Waals surface area contributed by atoms with Crippen molar-refractivity contribution >= 4 is 22.4 Å². The SMILES string of the molecule is CCc1nn(CC(=O)N2CCOCC2)c(=O)c2cc(N3CCOCC3)ccc12. The fourth-order valence-corrected chi connectivity index (χ4v) is 3.77. The van der Waals surface area contributed by atoms with Gasteiger partial charge in [-0.2, -0.15) is 5.10 Å². The molecule has 2 aliphatic rings. The second-order valence-electron chi connectivity index (χ2n) is 7.09. The van der Waals surface area contributed by atoms with Gasteiger partial charge in [-0.15, -0.1) is 0 Å². The molecule has 0 bridgehead atoms. The topological polar surface area (TPSA) is 76.9 Å². The lowest BCUT2D eigenvalue weighted by molar-refractivity contribution is -0.136. The van der Waals surface area contributed by atoms with Gasteiger partial charge in [-0.05, 0) is 18.6 Å². The van der Waals surface area contributed by atoms with Crippen molar-refractivity contribution in [2.24, 2.45) is 0 Å². The smallest absolute Gasteiger partial charge is 0.275 e. The van der Waals surface area contributed by atoms with Gasteiger partial charge >= 0.3 is 0 Å². The summed E-state index contributed by atoms with van der Waals surface area (Å²) in [5.74, 6) is -0.0939. The number of aryl methyl sites for hydroxylation is 1. The van der Waals surface area contributed by atoms with Gasteiger partial charge in [0.05, 0.1) is 37.5 Å². The van der Waals surface area contributed by atoms with Crippen LogP contribution in [0.3, 0.4) is 0 Å². The van der Waals surface area contributed by atoms with E-state index in [1.165, 1.54) is 4.68 Å². The molecule has 2 fully saturated rings. The molecule has 2 saturated heterocycles. The average molecular weight is 386 g/mol. The molecule has 150 valence electrons. The molecule has 1 aromatic heterocycles. The number of rotatable bonds is 4. The lowest BCUT2D eigenvalue weighted by Crippen LogP contribution is -2.44. The maximum atomic E-state index is 13.1. The van der Waals surface area contributed by atoms with E-state index in [4.69, 9.17) is 9.47 Å². The largest absolute Gasteiger partial charge is 0.378 e. The molecule has 0 unspecified atom stereocenters. The first-order valence-corrected chi connectivity index (χ1v) is 9.89. The molecule has 2 aliphatic heterocycles. The van der Waals surface area contributed by atoms with Crippen molar-refractivity contribution in [3.63, 3.8) is 0 Å². The zero-order valence-corrected chi connectivity index (χ0v) is 16.2. The normalized spacial score (nSPS) is 17.9. The first kappa shape index (κ1) is 18.9. The van der Waals surface area contributed by atoms with Gasteiger partial charge in [0, 0.05) is 37.3 Å². The van der Waals surface area contributed by atoms with Crippen LogP contribution in [0.5, 0.6) is 0 Å². The number of hydrogen-bond acceptors (Lipinski definition) is 6. The molecule has 0 atom stereocenters. The molecule has 0 N–H and O–H groups in total. The van der Waals surface area contributed by atoms with Gasteiger partial charge in [-0.25, -0.2) is 4.68 Å². The van der Waals surface area contributed by atoms with Crippen molar-refractivity contribution in [2.75, 3.05) is 57.5 Å². The van der Waals surface area contributed by atoms with Crippen molar-refractivity contribution in [1.82, 2.24) is 14.7 Å². The Bertz CT molecular complexity index is 914. The molecular formula is C20H26N4O4. The first-order valence-electron chi connectivity index (χ1n) is 9.89. The number of amides is 1. The van der Waals surface area contributed by atoms with Gasteiger partial charge in [0.15, 0.2) is 0 Å². The van der Waals surface area contributed by atoms with E-state index in [9.17, 15) is 9.59 Å². The molecule has 0 saturated carbocycles. The van der Waals surface area contributed by atoms with Crippen LogP contribution < -0.4 is 10.5 Å². The van der Waals surface area contributed by atoms with Gasteiger partial charge in [-0.3, -0.25) is 9.59 Å². The minimum Gasteiger partial charge on any atom is -0.378 e. The van der Waals surface area contributed by atoms with Crippen LogP contribution in [-0.2, 0) is 27.2 Å². The maximum Gasteiger partial charge on any atom is 0.275 e. The summed E-state index contributed by atoms with van der Waals surface area (Å²) < 4.78 is 12.0. The highest BCUT2D eigenvalue weighted by Gasteiger charge is 2.20. The zero-order chi connectivity index (χ0) is 19.5. The number of benzene rings is 1. The van der Waals surface area contributed by atoms with E-state index in [2.05, 4.69) is 10.00 Å². The Balaban J connectivity index is 1.69. The number of ether oxygens (including phenoxy) is 2. The maximum absolute atomic E-state index is 13.1. The Hall–Kier alpha value is -2.45. The van der Waals surface area contributed by atoms with Crippen LogP contribution in [0.2, 0.25) is 0 Å². The molecule has 0 aliphatic carbocycles. The summed E-state index contributed by atoms with van der Waals surface area (Å²) in [7, 11) is 0. The number of carbonyl (C=O) groups excluding carboxylic acids is 1. The van der Waals surface area contributed by atoms with Crippen LogP contribution in [0.25, 0.3) is 10.8 Å². The minimum atomic E-state index is -0.219. The predicted molar refractivity (Wildman–Crippen MR) is 106 cm³/mol. The quantitative estimate of drug-likeness (QED) is 0.768. The fourth-order valence-electron chi connectivity index (χ4n) is 3.77. The van der Waals surface area contributed by atoms with Crippen LogP contribution in [0.15, 0.2) is 23.0 Å². The number of hydrogen-bond donors (Lipinski definition) is 0. The minimum absolute atomic E-state index is 0.0381. The third kappa shape index (κ3) is 3.74. The number of morpholine rings is 2. The summed E-state index contributed by atoms with van der Waals surface area (Å²) >= 11 is 0. The molecule has 0 spiro atoms. The Morgan fingerprint density at radius 1 is 1.04 bits per heavy atom. The Kier molecular flexibility index (Phi) is 5.59. The number of aromatic nitrogens is 2. The number of nitrogens with zero attached hydrogens (tertiary/aromatic N) is 4. The average Bonchev–Trinajstić information content (AvgIpc) is 2.76. The first-order chi connectivity index (χ1) is 13.7. The van der Waals surface area contributed by atoms with E-state index in [1.54, 1.807) is 4.90 Å². The predicted octanol–water partition coefficient (Wildman–Crippen LogP) is 0.654. The molecule has 28 heavy (non-hydrogen) atoms. The van der Waals surface area contributed by atoms with Crippen LogP contribution in [0, 0.1) is 0 Å². The van der Waals surface area contributed by atoms with Crippen molar-refractivity contribution in [3.05, 3.63) is 34.2 Å². The summed E-state index contributed by atoms with van der Waals surface area (Å²) in [4.78, 5) is 29.7. The lowest BCUT2D eigenvalue weighted by atomic mass is 10.1. The van der Waals surface area contributed by atoms with E-state index >= 15 is 0 Å². The van der Waals surface area contributed by atoms with Crippen molar-refractivity contribution < 1.29 is 14.3 Å². The van der Waals surface area contributed by atoms with E-state index in [1.807, 2.05) is 25.1 Å². The highest BCUT2D eigenvalue weighted by atomic mass is 16.5. The Morgan fingerprint density at radius 2 is 1.71 bits per heavy atom. The number of fused-ring (bicyclic) bond motifs is 1. The summed E-state index contributed by atoms with van der Waals surface area (Å²) in [6, 6.07) is 5.94. The number of carbonyl (C=O) groups is 1. The second-order valence-corrected chi connectivity index (χ2v) is 7.09. The molecule has 2 aromatic rings. The van der Waals surface area contributed by atoms with E-state index in [0.29, 0.717) is 51.3 Å². The highest BCUT2D eigenvalue weighted by molar-refractivity contribution is 5.87. The van der Waals surface area contributed by atoms with E-state index in [0.717, 1.165) is 29.9 Å². The summed E-state index contributed by atoms with van der Waals surface area (Å²) in [5, 5.41) is 5.96. The van der Waals surface area contributed by atoms with Gasteiger partial charge < -0.3 is 19.3 Å². The van der Waals surface area contributed by atoms with Gasteiger partial charge in [0.25, 0.3) is 5.56 Å². The summed E-state index contributed by atoms with van der Waals surface area (Å²) in [5.41, 5.74) is 1.62. The third-order valence-corrected chi connectivity index (χ3v) is 5.38. The van der Waals surface area contributed by atoms with Gasteiger partial charge in [0.1, 0.15) is 6.54 Å². The monoisotopic (exact) mass is 386 g/mol. The molecule has 4 rings (SSSR count). The zero-order valence-electron chi connectivity index (χ0n) is 16.2. The van der Waals surface area contributed by atoms with Crippen molar-refractivity contribution in [1.29, 1.82) is 0 Å². The molecule has 0 radical (unpaired) electrons. The van der Waals surface area contributed by atoms with Crippen LogP contribution in [-0.4, -0.2) is 73.2 Å². The summed E-state index contributed by atoms with van der Waals surface area (Å²) in [6.45, 7) is 7.15. The lowest BCUT2D eigenvalue weighted by Gasteiger charge is -2.29. The van der Waals surface area contributed by atoms with E-state index < -0.39 is 0 Å². The molecule has 1 amide bonds. The molecule has 1 aromatic carbocycles. The van der Waals surface area contributed by atoms with Crippen LogP contribution in [0.1, 0.15) is 12.6 Å². The second kappa shape index (κ2) is 8.28. The standard InChI is InChI=1S/C20H26N4O4/c1-2-18-16-4-3-15(22-5-9-27-10-6-22)13-17(16)20(26)24(21-18)14-19(25)23-7-11-28-12-8-23/h3-4,13H,2,5-12,14H2,1H3. The Labute approximate surface area is 163 Å². The van der Waals surface area contributed by atoms with Crippen LogP contribution in [0.4, 0.5) is 5.69 Å². The Morgan fingerprint density at radius 3 is 2.39 bits per heavy atom.